The van der Waals surface area contributed by atoms with Gasteiger partial charge in [-0.05, 0) is 48.1 Å². The zero-order chi connectivity index (χ0) is 14.5. The Balaban J connectivity index is 2.32. The Kier molecular flexibility index (Phi) is 4.88. The van der Waals surface area contributed by atoms with Crippen LogP contribution in [-0.2, 0) is 6.42 Å². The van der Waals surface area contributed by atoms with Crippen molar-refractivity contribution >= 4 is 0 Å². The summed E-state index contributed by atoms with van der Waals surface area (Å²) in [6.07, 6.45) is 2.91. The van der Waals surface area contributed by atoms with Gasteiger partial charge in [0.15, 0.2) is 0 Å². The van der Waals surface area contributed by atoms with Crippen LogP contribution in [0.1, 0.15) is 42.3 Å². The molecule has 0 bridgehead atoms. The van der Waals surface area contributed by atoms with Crippen LogP contribution in [0.25, 0.3) is 0 Å². The molecule has 3 N–H and O–H groups in total. The van der Waals surface area contributed by atoms with E-state index >= 15 is 0 Å². The second-order valence-corrected chi connectivity index (χ2v) is 5.67. The van der Waals surface area contributed by atoms with Crippen molar-refractivity contribution in [2.75, 3.05) is 0 Å². The maximum atomic E-state index is 5.77. The summed E-state index contributed by atoms with van der Waals surface area (Å²) in [4.78, 5) is 4.24. The van der Waals surface area contributed by atoms with Gasteiger partial charge in [0.05, 0.1) is 6.04 Å². The average molecular weight is 269 g/mol. The highest BCUT2D eigenvalue weighted by molar-refractivity contribution is 5.34. The summed E-state index contributed by atoms with van der Waals surface area (Å²) in [6.45, 7) is 6.46. The number of rotatable bonds is 5. The molecule has 0 saturated carbocycles. The Morgan fingerprint density at radius 1 is 1.15 bits per heavy atom. The highest BCUT2D eigenvalue weighted by Crippen LogP contribution is 2.23. The monoisotopic (exact) mass is 269 g/mol. The molecule has 0 aliphatic rings. The fourth-order valence-corrected chi connectivity index (χ4v) is 2.50. The Bertz CT molecular complexity index is 564. The van der Waals surface area contributed by atoms with Gasteiger partial charge in [0, 0.05) is 11.9 Å². The SMILES string of the molecule is Cc1cc(C(NN)c2cccc(CC(C)C)c2)ccn1. The molecule has 2 rings (SSSR count). The smallest absolute Gasteiger partial charge is 0.0711 e. The van der Waals surface area contributed by atoms with Crippen LogP contribution in [0.3, 0.4) is 0 Å². The number of nitrogens with zero attached hydrogens (tertiary/aromatic N) is 1. The van der Waals surface area contributed by atoms with Crippen molar-refractivity contribution in [1.29, 1.82) is 0 Å². The first-order chi connectivity index (χ1) is 9.60. The van der Waals surface area contributed by atoms with Crippen LogP contribution in [0.2, 0.25) is 0 Å². The third kappa shape index (κ3) is 3.65. The molecule has 2 aromatic rings. The number of aryl methyl sites for hydroxylation is 1. The number of nitrogens with one attached hydrogen (secondary N) is 1. The van der Waals surface area contributed by atoms with E-state index in [2.05, 4.69) is 54.6 Å². The summed E-state index contributed by atoms with van der Waals surface area (Å²) in [5.41, 5.74) is 7.60. The number of benzene rings is 1. The van der Waals surface area contributed by atoms with Crippen LogP contribution in [0.4, 0.5) is 0 Å². The minimum Gasteiger partial charge on any atom is -0.271 e. The van der Waals surface area contributed by atoms with Crippen molar-refractivity contribution in [2.45, 2.75) is 33.2 Å². The molecule has 0 fully saturated rings. The molecule has 1 aromatic carbocycles. The molecular formula is C17H23N3. The fourth-order valence-electron chi connectivity index (χ4n) is 2.50. The second kappa shape index (κ2) is 6.64. The molecule has 3 nitrogen and oxygen atoms in total. The molecule has 0 aliphatic carbocycles. The predicted octanol–water partition coefficient (Wildman–Crippen LogP) is 3.14. The fraction of sp³-hybridized carbons (Fsp3) is 0.353. The molecule has 1 heterocycles. The molecule has 20 heavy (non-hydrogen) atoms. The standard InChI is InChI=1S/C17H23N3/c1-12(2)9-14-5-4-6-15(11-14)17(20-18)16-7-8-19-13(3)10-16/h4-8,10-12,17,20H,9,18H2,1-3H3. The van der Waals surface area contributed by atoms with Crippen molar-refractivity contribution in [1.82, 2.24) is 10.4 Å². The lowest BCUT2D eigenvalue weighted by Crippen LogP contribution is -2.29. The lowest BCUT2D eigenvalue weighted by Gasteiger charge is -2.18. The predicted molar refractivity (Wildman–Crippen MR) is 83.1 cm³/mol. The van der Waals surface area contributed by atoms with E-state index in [9.17, 15) is 0 Å². The lowest BCUT2D eigenvalue weighted by atomic mass is 9.95. The summed E-state index contributed by atoms with van der Waals surface area (Å²) >= 11 is 0. The number of aromatic nitrogens is 1. The Morgan fingerprint density at radius 3 is 2.55 bits per heavy atom. The van der Waals surface area contributed by atoms with Gasteiger partial charge in [-0.3, -0.25) is 10.8 Å². The van der Waals surface area contributed by atoms with Crippen molar-refractivity contribution in [3.8, 4) is 0 Å². The number of hydrogen-bond acceptors (Lipinski definition) is 3. The van der Waals surface area contributed by atoms with Gasteiger partial charge in [0.2, 0.25) is 0 Å². The van der Waals surface area contributed by atoms with E-state index in [1.165, 1.54) is 11.1 Å². The number of hydrogen-bond donors (Lipinski definition) is 2. The van der Waals surface area contributed by atoms with Gasteiger partial charge in [0.25, 0.3) is 0 Å². The van der Waals surface area contributed by atoms with Crippen LogP contribution in [-0.4, -0.2) is 4.98 Å². The first-order valence-corrected chi connectivity index (χ1v) is 7.07. The van der Waals surface area contributed by atoms with E-state index in [1.807, 2.05) is 19.2 Å². The Labute approximate surface area is 121 Å². The number of nitrogens with two attached hydrogens (primary N) is 1. The molecule has 0 radical (unpaired) electrons. The largest absolute Gasteiger partial charge is 0.271 e. The van der Waals surface area contributed by atoms with E-state index in [1.54, 1.807) is 0 Å². The molecular weight excluding hydrogens is 246 g/mol. The lowest BCUT2D eigenvalue weighted by molar-refractivity contribution is 0.627. The van der Waals surface area contributed by atoms with Crippen molar-refractivity contribution in [2.24, 2.45) is 11.8 Å². The third-order valence-electron chi connectivity index (χ3n) is 3.35. The maximum absolute atomic E-state index is 5.77. The molecule has 0 saturated heterocycles. The third-order valence-corrected chi connectivity index (χ3v) is 3.35. The average Bonchev–Trinajstić information content (AvgIpc) is 2.39. The van der Waals surface area contributed by atoms with E-state index in [0.29, 0.717) is 5.92 Å². The highest BCUT2D eigenvalue weighted by atomic mass is 15.2. The Morgan fingerprint density at radius 2 is 1.90 bits per heavy atom. The minimum atomic E-state index is 0.00353. The van der Waals surface area contributed by atoms with E-state index in [0.717, 1.165) is 17.7 Å². The van der Waals surface area contributed by atoms with Gasteiger partial charge in [0.1, 0.15) is 0 Å². The van der Waals surface area contributed by atoms with Crippen LogP contribution in [0.5, 0.6) is 0 Å². The topological polar surface area (TPSA) is 50.9 Å². The van der Waals surface area contributed by atoms with Gasteiger partial charge < -0.3 is 0 Å². The summed E-state index contributed by atoms with van der Waals surface area (Å²) < 4.78 is 0. The van der Waals surface area contributed by atoms with Gasteiger partial charge in [-0.15, -0.1) is 0 Å². The molecule has 0 spiro atoms. The van der Waals surface area contributed by atoms with E-state index in [4.69, 9.17) is 5.84 Å². The van der Waals surface area contributed by atoms with Crippen molar-refractivity contribution in [3.63, 3.8) is 0 Å². The van der Waals surface area contributed by atoms with Crippen LogP contribution in [0.15, 0.2) is 42.6 Å². The molecule has 3 heteroatoms. The molecule has 106 valence electrons. The van der Waals surface area contributed by atoms with Gasteiger partial charge >= 0.3 is 0 Å². The first kappa shape index (κ1) is 14.7. The van der Waals surface area contributed by atoms with Crippen molar-refractivity contribution in [3.05, 3.63) is 65.0 Å². The molecule has 1 aromatic heterocycles. The van der Waals surface area contributed by atoms with Crippen LogP contribution in [0, 0.1) is 12.8 Å². The zero-order valence-corrected chi connectivity index (χ0v) is 12.4. The van der Waals surface area contributed by atoms with E-state index in [-0.39, 0.29) is 6.04 Å². The molecule has 0 amide bonds. The van der Waals surface area contributed by atoms with Crippen molar-refractivity contribution < 1.29 is 0 Å². The normalized spacial score (nSPS) is 12.7. The second-order valence-electron chi connectivity index (χ2n) is 5.67. The first-order valence-electron chi connectivity index (χ1n) is 7.07. The van der Waals surface area contributed by atoms with E-state index < -0.39 is 0 Å². The maximum Gasteiger partial charge on any atom is 0.0711 e. The minimum absolute atomic E-state index is 0.00353. The molecule has 0 aliphatic heterocycles. The summed E-state index contributed by atoms with van der Waals surface area (Å²) in [6, 6.07) is 12.7. The quantitative estimate of drug-likeness (QED) is 0.647. The number of hydrazine groups is 1. The molecule has 1 atom stereocenters. The zero-order valence-electron chi connectivity index (χ0n) is 12.4. The highest BCUT2D eigenvalue weighted by Gasteiger charge is 2.13. The Hall–Kier alpha value is -1.71. The van der Waals surface area contributed by atoms with Gasteiger partial charge in [-0.2, -0.15) is 0 Å². The van der Waals surface area contributed by atoms with Crippen LogP contribution < -0.4 is 11.3 Å². The van der Waals surface area contributed by atoms with Gasteiger partial charge in [-0.25, -0.2) is 5.43 Å². The number of pyridine rings is 1. The summed E-state index contributed by atoms with van der Waals surface area (Å²) in [5, 5.41) is 0. The van der Waals surface area contributed by atoms with Crippen LogP contribution >= 0.6 is 0 Å². The van der Waals surface area contributed by atoms with Gasteiger partial charge in [-0.1, -0.05) is 38.1 Å². The summed E-state index contributed by atoms with van der Waals surface area (Å²) in [7, 11) is 0. The summed E-state index contributed by atoms with van der Waals surface area (Å²) in [5.74, 6) is 6.42. The molecule has 1 unspecified atom stereocenters.